The number of carbonyl (C=O) groups is 1. The lowest BCUT2D eigenvalue weighted by atomic mass is 9.96. The first-order valence-corrected chi connectivity index (χ1v) is 7.95. The number of piperidine rings is 1. The number of nitrogens with two attached hydrogens (primary N) is 1. The first kappa shape index (κ1) is 16.3. The highest BCUT2D eigenvalue weighted by atomic mass is 35.5. The molecule has 21 heavy (non-hydrogen) atoms. The van der Waals surface area contributed by atoms with Crippen LogP contribution in [0.3, 0.4) is 0 Å². The molecular formula is C16H24ClN3O. The molecule has 1 aromatic carbocycles. The van der Waals surface area contributed by atoms with Gasteiger partial charge in [-0.05, 0) is 31.4 Å². The van der Waals surface area contributed by atoms with Gasteiger partial charge in [0.1, 0.15) is 0 Å². The smallest absolute Gasteiger partial charge is 0.234 e. The first-order valence-electron chi connectivity index (χ1n) is 7.57. The molecule has 4 nitrogen and oxygen atoms in total. The number of rotatable bonds is 5. The minimum Gasteiger partial charge on any atom is -0.351 e. The van der Waals surface area contributed by atoms with Crippen LogP contribution in [0.5, 0.6) is 0 Å². The Morgan fingerprint density at radius 1 is 1.43 bits per heavy atom. The topological polar surface area (TPSA) is 58.4 Å². The van der Waals surface area contributed by atoms with E-state index in [0.717, 1.165) is 18.4 Å². The predicted molar refractivity (Wildman–Crippen MR) is 86.2 cm³/mol. The van der Waals surface area contributed by atoms with Crippen molar-refractivity contribution in [1.82, 2.24) is 10.2 Å². The fourth-order valence-electron chi connectivity index (χ4n) is 2.94. The Morgan fingerprint density at radius 2 is 2.19 bits per heavy atom. The molecule has 0 saturated carbocycles. The number of nitrogens with one attached hydrogen (secondary N) is 1. The number of hydrogen-bond acceptors (Lipinski definition) is 3. The van der Waals surface area contributed by atoms with Crippen LogP contribution < -0.4 is 11.1 Å². The van der Waals surface area contributed by atoms with Gasteiger partial charge in [0.25, 0.3) is 0 Å². The number of nitrogens with zero attached hydrogens (tertiary/aromatic N) is 1. The van der Waals surface area contributed by atoms with Crippen LogP contribution in [0.25, 0.3) is 0 Å². The molecule has 1 amide bonds. The maximum atomic E-state index is 12.2. The van der Waals surface area contributed by atoms with Crippen LogP contribution in [0.4, 0.5) is 0 Å². The highest BCUT2D eigenvalue weighted by Gasteiger charge is 2.28. The average molecular weight is 310 g/mol. The van der Waals surface area contributed by atoms with Gasteiger partial charge in [-0.2, -0.15) is 0 Å². The monoisotopic (exact) mass is 309 g/mol. The van der Waals surface area contributed by atoms with Crippen molar-refractivity contribution in [2.24, 2.45) is 5.73 Å². The Bertz CT molecular complexity index is 480. The molecule has 5 heteroatoms. The molecule has 0 spiro atoms. The van der Waals surface area contributed by atoms with Crippen molar-refractivity contribution in [3.8, 4) is 0 Å². The molecule has 1 aromatic rings. The average Bonchev–Trinajstić information content (AvgIpc) is 2.48. The van der Waals surface area contributed by atoms with Crippen LogP contribution in [-0.2, 0) is 11.3 Å². The molecule has 1 fully saturated rings. The zero-order chi connectivity index (χ0) is 15.2. The van der Waals surface area contributed by atoms with Crippen molar-refractivity contribution in [2.75, 3.05) is 13.1 Å². The molecule has 1 aliphatic heterocycles. The van der Waals surface area contributed by atoms with E-state index in [9.17, 15) is 4.79 Å². The zero-order valence-electron chi connectivity index (χ0n) is 12.5. The summed E-state index contributed by atoms with van der Waals surface area (Å²) in [4.78, 5) is 14.4. The summed E-state index contributed by atoms with van der Waals surface area (Å²) in [5, 5.41) is 3.63. The second-order valence-electron chi connectivity index (χ2n) is 5.71. The molecule has 2 rings (SSSR count). The van der Waals surface area contributed by atoms with Crippen LogP contribution >= 0.6 is 11.6 Å². The second-order valence-corrected chi connectivity index (χ2v) is 6.12. The third-order valence-electron chi connectivity index (χ3n) is 4.23. The van der Waals surface area contributed by atoms with Gasteiger partial charge in [0.2, 0.25) is 5.91 Å². The summed E-state index contributed by atoms with van der Waals surface area (Å²) in [5.74, 6) is 0.0297. The Balaban J connectivity index is 1.87. The Hall–Kier alpha value is -1.10. The predicted octanol–water partition coefficient (Wildman–Crippen LogP) is 2.16. The minimum absolute atomic E-state index is 0.0297. The summed E-state index contributed by atoms with van der Waals surface area (Å²) in [7, 11) is 0. The Morgan fingerprint density at radius 3 is 2.90 bits per heavy atom. The molecule has 1 aliphatic rings. The largest absolute Gasteiger partial charge is 0.351 e. The quantitative estimate of drug-likeness (QED) is 0.876. The fraction of sp³-hybridized carbons (Fsp3) is 0.562. The van der Waals surface area contributed by atoms with Crippen molar-refractivity contribution in [1.29, 1.82) is 0 Å². The van der Waals surface area contributed by atoms with Crippen LogP contribution in [0.2, 0.25) is 5.02 Å². The molecule has 0 aliphatic carbocycles. The summed E-state index contributed by atoms with van der Waals surface area (Å²) in [5.41, 5.74) is 6.77. The van der Waals surface area contributed by atoms with Crippen molar-refractivity contribution in [3.63, 3.8) is 0 Å². The molecule has 2 atom stereocenters. The van der Waals surface area contributed by atoms with E-state index in [4.69, 9.17) is 17.3 Å². The number of likely N-dealkylation sites (tertiary alicyclic amines) is 1. The van der Waals surface area contributed by atoms with Crippen LogP contribution in [0, 0.1) is 0 Å². The van der Waals surface area contributed by atoms with E-state index in [2.05, 4.69) is 17.1 Å². The lowest BCUT2D eigenvalue weighted by Gasteiger charge is -2.39. The Labute approximate surface area is 131 Å². The number of hydrogen-bond donors (Lipinski definition) is 2. The van der Waals surface area contributed by atoms with Gasteiger partial charge >= 0.3 is 0 Å². The summed E-state index contributed by atoms with van der Waals surface area (Å²) >= 11 is 6.09. The molecule has 0 radical (unpaired) electrons. The van der Waals surface area contributed by atoms with Crippen molar-refractivity contribution < 1.29 is 4.79 Å². The standard InChI is InChI=1S/C16H24ClN3O/c1-12-5-4-7-14(9-18)20(12)11-16(21)19-10-13-6-2-3-8-15(13)17/h2-3,6,8,12,14H,4-5,7,9-11,18H2,1H3,(H,19,21). The van der Waals surface area contributed by atoms with E-state index in [1.807, 2.05) is 24.3 Å². The summed E-state index contributed by atoms with van der Waals surface area (Å²) in [6.07, 6.45) is 3.41. The third kappa shape index (κ3) is 4.43. The van der Waals surface area contributed by atoms with E-state index in [1.54, 1.807) is 0 Å². The van der Waals surface area contributed by atoms with Crippen LogP contribution in [-0.4, -0.2) is 36.0 Å². The number of amides is 1. The highest BCUT2D eigenvalue weighted by Crippen LogP contribution is 2.21. The maximum absolute atomic E-state index is 12.2. The van der Waals surface area contributed by atoms with Crippen molar-refractivity contribution in [2.45, 2.75) is 44.8 Å². The van der Waals surface area contributed by atoms with E-state index >= 15 is 0 Å². The van der Waals surface area contributed by atoms with Gasteiger partial charge in [-0.1, -0.05) is 36.2 Å². The third-order valence-corrected chi connectivity index (χ3v) is 4.60. The molecule has 1 saturated heterocycles. The van der Waals surface area contributed by atoms with Gasteiger partial charge in [0.15, 0.2) is 0 Å². The molecule has 0 bridgehead atoms. The summed E-state index contributed by atoms with van der Waals surface area (Å²) in [6.45, 7) is 3.66. The first-order chi connectivity index (χ1) is 10.1. The summed E-state index contributed by atoms with van der Waals surface area (Å²) in [6, 6.07) is 8.30. The normalized spacial score (nSPS) is 23.0. The van der Waals surface area contributed by atoms with Crippen LogP contribution in [0.15, 0.2) is 24.3 Å². The van der Waals surface area contributed by atoms with E-state index in [-0.39, 0.29) is 5.91 Å². The second kappa shape index (κ2) is 7.78. The minimum atomic E-state index is 0.0297. The summed E-state index contributed by atoms with van der Waals surface area (Å²) < 4.78 is 0. The maximum Gasteiger partial charge on any atom is 0.234 e. The van der Waals surface area contributed by atoms with E-state index in [1.165, 1.54) is 6.42 Å². The lowest BCUT2D eigenvalue weighted by Crippen LogP contribution is -2.52. The SMILES string of the molecule is CC1CCCC(CN)N1CC(=O)NCc1ccccc1Cl. The van der Waals surface area contributed by atoms with Gasteiger partial charge in [0.05, 0.1) is 6.54 Å². The molecule has 116 valence electrons. The van der Waals surface area contributed by atoms with E-state index < -0.39 is 0 Å². The zero-order valence-corrected chi connectivity index (χ0v) is 13.3. The molecule has 2 unspecified atom stereocenters. The molecule has 3 N–H and O–H groups in total. The number of halogens is 1. The fourth-order valence-corrected chi connectivity index (χ4v) is 3.14. The number of carbonyl (C=O) groups excluding carboxylic acids is 1. The van der Waals surface area contributed by atoms with E-state index in [0.29, 0.717) is 36.7 Å². The van der Waals surface area contributed by atoms with Crippen LogP contribution in [0.1, 0.15) is 31.7 Å². The number of benzene rings is 1. The van der Waals surface area contributed by atoms with Gasteiger partial charge in [-0.15, -0.1) is 0 Å². The van der Waals surface area contributed by atoms with Gasteiger partial charge in [0, 0.05) is 30.2 Å². The van der Waals surface area contributed by atoms with Crippen molar-refractivity contribution >= 4 is 17.5 Å². The lowest BCUT2D eigenvalue weighted by molar-refractivity contribution is -0.124. The Kier molecular flexibility index (Phi) is 6.03. The molecule has 0 aromatic heterocycles. The van der Waals surface area contributed by atoms with Gasteiger partial charge in [-0.25, -0.2) is 0 Å². The van der Waals surface area contributed by atoms with Gasteiger partial charge in [-0.3, -0.25) is 9.69 Å². The molecule has 1 heterocycles. The molecular weight excluding hydrogens is 286 g/mol. The highest BCUT2D eigenvalue weighted by molar-refractivity contribution is 6.31. The van der Waals surface area contributed by atoms with Gasteiger partial charge < -0.3 is 11.1 Å². The van der Waals surface area contributed by atoms with Crippen molar-refractivity contribution in [3.05, 3.63) is 34.9 Å².